The molecule has 1 aliphatic heterocycles. The second-order valence-electron chi connectivity index (χ2n) is 4.63. The maximum absolute atomic E-state index is 13.3. The molecule has 1 aromatic carbocycles. The van der Waals surface area contributed by atoms with E-state index in [1.165, 1.54) is 12.4 Å². The van der Waals surface area contributed by atoms with E-state index >= 15 is 0 Å². The molecule has 0 radical (unpaired) electrons. The van der Waals surface area contributed by atoms with E-state index in [-0.39, 0.29) is 6.42 Å². The lowest BCUT2D eigenvalue weighted by molar-refractivity contribution is -0.139. The van der Waals surface area contributed by atoms with Gasteiger partial charge in [-0.05, 0) is 17.7 Å². The van der Waals surface area contributed by atoms with Crippen LogP contribution in [0.15, 0.2) is 24.5 Å². The fourth-order valence-corrected chi connectivity index (χ4v) is 2.39. The van der Waals surface area contributed by atoms with Crippen LogP contribution in [0.1, 0.15) is 23.0 Å². The quantitative estimate of drug-likeness (QED) is 0.776. The molecule has 0 unspecified atom stereocenters. The maximum Gasteiger partial charge on any atom is 0.321 e. The van der Waals surface area contributed by atoms with Crippen LogP contribution in [0.2, 0.25) is 0 Å². The Kier molecular flexibility index (Phi) is 2.98. The number of nitrogens with one attached hydrogen (secondary N) is 2. The van der Waals surface area contributed by atoms with E-state index in [9.17, 15) is 13.6 Å². The Morgan fingerprint density at radius 2 is 2.15 bits per heavy atom. The molecule has 2 heterocycles. The molecule has 0 spiro atoms. The van der Waals surface area contributed by atoms with Crippen molar-refractivity contribution in [2.24, 2.45) is 0 Å². The number of imidazole rings is 1. The molecule has 20 heavy (non-hydrogen) atoms. The number of hydrogen-bond donors (Lipinski definition) is 3. The van der Waals surface area contributed by atoms with Gasteiger partial charge in [0.15, 0.2) is 11.6 Å². The van der Waals surface area contributed by atoms with E-state index in [1.807, 2.05) is 0 Å². The maximum atomic E-state index is 13.3. The summed E-state index contributed by atoms with van der Waals surface area (Å²) in [4.78, 5) is 18.2. The predicted octanol–water partition coefficient (Wildman–Crippen LogP) is 1.38. The van der Waals surface area contributed by atoms with E-state index in [4.69, 9.17) is 5.11 Å². The second kappa shape index (κ2) is 4.68. The summed E-state index contributed by atoms with van der Waals surface area (Å²) in [5.74, 6) is -2.92. The number of benzene rings is 1. The van der Waals surface area contributed by atoms with Gasteiger partial charge in [0, 0.05) is 12.1 Å². The molecule has 5 nitrogen and oxygen atoms in total. The number of halogens is 2. The van der Waals surface area contributed by atoms with Crippen molar-refractivity contribution in [3.63, 3.8) is 0 Å². The highest BCUT2D eigenvalue weighted by molar-refractivity contribution is 5.74. The van der Waals surface area contributed by atoms with Gasteiger partial charge in [0.25, 0.3) is 0 Å². The average molecular weight is 279 g/mol. The summed E-state index contributed by atoms with van der Waals surface area (Å²) in [6, 6.07) is 2.10. The van der Waals surface area contributed by atoms with Gasteiger partial charge >= 0.3 is 5.97 Å². The molecule has 0 amide bonds. The highest BCUT2D eigenvalue weighted by atomic mass is 19.2. The third-order valence-electron chi connectivity index (χ3n) is 3.38. The van der Waals surface area contributed by atoms with Crippen LogP contribution >= 0.6 is 0 Å². The Balaban J connectivity index is 2.03. The molecule has 2 atom stereocenters. The van der Waals surface area contributed by atoms with Crippen molar-refractivity contribution >= 4 is 5.97 Å². The van der Waals surface area contributed by atoms with Gasteiger partial charge < -0.3 is 10.1 Å². The van der Waals surface area contributed by atoms with Crippen molar-refractivity contribution < 1.29 is 18.7 Å². The Morgan fingerprint density at radius 3 is 2.85 bits per heavy atom. The number of carboxylic acid groups (broad SMARTS) is 1. The topological polar surface area (TPSA) is 78.0 Å². The summed E-state index contributed by atoms with van der Waals surface area (Å²) < 4.78 is 26.3. The zero-order valence-electron chi connectivity index (χ0n) is 10.2. The number of rotatable bonds is 2. The Labute approximate surface area is 112 Å². The molecule has 0 aliphatic carbocycles. The molecule has 0 fully saturated rings. The summed E-state index contributed by atoms with van der Waals surface area (Å²) in [6.07, 6.45) is 1.73. The Hall–Kier alpha value is -2.28. The smallest absolute Gasteiger partial charge is 0.321 e. The first kappa shape index (κ1) is 12.7. The highest BCUT2D eigenvalue weighted by Gasteiger charge is 2.33. The van der Waals surface area contributed by atoms with Crippen molar-refractivity contribution in [3.8, 4) is 0 Å². The van der Waals surface area contributed by atoms with E-state index in [1.54, 1.807) is 0 Å². The standard InChI is InChI=1S/C13H11F2N3O2/c14-7-2-1-6(3-8(7)15)11-12-9(16-5-17-12)4-10(18-11)13(19)20/h1-3,5,10-11,18H,4H2,(H,16,17)(H,19,20)/t10-,11+/m0/s1. The molecule has 104 valence electrons. The molecule has 0 saturated carbocycles. The van der Waals surface area contributed by atoms with Gasteiger partial charge in [-0.3, -0.25) is 10.1 Å². The van der Waals surface area contributed by atoms with E-state index in [2.05, 4.69) is 15.3 Å². The van der Waals surface area contributed by atoms with Gasteiger partial charge in [-0.15, -0.1) is 0 Å². The summed E-state index contributed by atoms with van der Waals surface area (Å²) in [5.41, 5.74) is 1.72. The van der Waals surface area contributed by atoms with Crippen LogP contribution in [0.3, 0.4) is 0 Å². The summed E-state index contributed by atoms with van der Waals surface area (Å²) in [5, 5.41) is 12.0. The lowest BCUT2D eigenvalue weighted by atomic mass is 9.94. The summed E-state index contributed by atoms with van der Waals surface area (Å²) in [6.45, 7) is 0. The van der Waals surface area contributed by atoms with Crippen LogP contribution in [0, 0.1) is 11.6 Å². The van der Waals surface area contributed by atoms with Gasteiger partial charge in [0.1, 0.15) is 6.04 Å². The van der Waals surface area contributed by atoms with Crippen LogP contribution < -0.4 is 5.32 Å². The third kappa shape index (κ3) is 2.05. The van der Waals surface area contributed by atoms with Crippen LogP contribution in [0.4, 0.5) is 8.78 Å². The number of aliphatic carboxylic acids is 1. The highest BCUT2D eigenvalue weighted by Crippen LogP contribution is 2.29. The number of nitrogens with zero attached hydrogens (tertiary/aromatic N) is 1. The Bertz CT molecular complexity index is 671. The van der Waals surface area contributed by atoms with E-state index in [0.717, 1.165) is 12.1 Å². The minimum Gasteiger partial charge on any atom is -0.480 e. The van der Waals surface area contributed by atoms with Crippen molar-refractivity contribution in [3.05, 3.63) is 53.1 Å². The molecule has 0 bridgehead atoms. The van der Waals surface area contributed by atoms with Crippen LogP contribution in [0.5, 0.6) is 0 Å². The minimum absolute atomic E-state index is 0.269. The number of carboxylic acids is 1. The molecule has 0 saturated heterocycles. The third-order valence-corrected chi connectivity index (χ3v) is 3.38. The number of fused-ring (bicyclic) bond motifs is 1. The molecule has 3 N–H and O–H groups in total. The van der Waals surface area contributed by atoms with Gasteiger partial charge in [0.05, 0.1) is 18.1 Å². The molecular formula is C13H11F2N3O2. The zero-order chi connectivity index (χ0) is 14.3. The van der Waals surface area contributed by atoms with Crippen LogP contribution in [-0.4, -0.2) is 27.1 Å². The molecule has 1 aromatic heterocycles. The van der Waals surface area contributed by atoms with Gasteiger partial charge in [0.2, 0.25) is 0 Å². The fraction of sp³-hybridized carbons (Fsp3) is 0.231. The van der Waals surface area contributed by atoms with E-state index < -0.39 is 29.7 Å². The number of hydrogen-bond acceptors (Lipinski definition) is 3. The molecule has 1 aliphatic rings. The van der Waals surface area contributed by atoms with Crippen molar-refractivity contribution in [1.29, 1.82) is 0 Å². The first-order valence-corrected chi connectivity index (χ1v) is 6.02. The summed E-state index contributed by atoms with van der Waals surface area (Å²) >= 11 is 0. The SMILES string of the molecule is O=C(O)[C@@H]1Cc2[nH]cnc2[C@@H](c2ccc(F)c(F)c2)N1. The average Bonchev–Trinajstić information content (AvgIpc) is 2.89. The lowest BCUT2D eigenvalue weighted by Gasteiger charge is -2.28. The van der Waals surface area contributed by atoms with Crippen LogP contribution in [-0.2, 0) is 11.2 Å². The number of carbonyl (C=O) groups is 1. The monoisotopic (exact) mass is 279 g/mol. The predicted molar refractivity (Wildman–Crippen MR) is 65.1 cm³/mol. The summed E-state index contributed by atoms with van der Waals surface area (Å²) in [7, 11) is 0. The van der Waals surface area contributed by atoms with Gasteiger partial charge in [-0.25, -0.2) is 13.8 Å². The molecule has 3 rings (SSSR count). The van der Waals surface area contributed by atoms with Crippen molar-refractivity contribution in [2.45, 2.75) is 18.5 Å². The molecule has 2 aromatic rings. The lowest BCUT2D eigenvalue weighted by Crippen LogP contribution is -2.45. The van der Waals surface area contributed by atoms with Crippen molar-refractivity contribution in [2.75, 3.05) is 0 Å². The molecule has 7 heteroatoms. The first-order chi connectivity index (χ1) is 9.56. The first-order valence-electron chi connectivity index (χ1n) is 6.02. The number of aromatic nitrogens is 2. The molecular weight excluding hydrogens is 268 g/mol. The van der Waals surface area contributed by atoms with Gasteiger partial charge in [-0.2, -0.15) is 0 Å². The fourth-order valence-electron chi connectivity index (χ4n) is 2.39. The largest absolute Gasteiger partial charge is 0.480 e. The van der Waals surface area contributed by atoms with Gasteiger partial charge in [-0.1, -0.05) is 6.07 Å². The number of aromatic amines is 1. The normalized spacial score (nSPS) is 21.5. The Morgan fingerprint density at radius 1 is 1.35 bits per heavy atom. The minimum atomic E-state index is -1.00. The second-order valence-corrected chi connectivity index (χ2v) is 4.63. The van der Waals surface area contributed by atoms with E-state index in [0.29, 0.717) is 17.0 Å². The van der Waals surface area contributed by atoms with Crippen LogP contribution in [0.25, 0.3) is 0 Å². The zero-order valence-corrected chi connectivity index (χ0v) is 10.2. The number of H-pyrrole nitrogens is 1. The van der Waals surface area contributed by atoms with Crippen molar-refractivity contribution in [1.82, 2.24) is 15.3 Å².